The Kier molecular flexibility index (Phi) is 4.07. The van der Waals surface area contributed by atoms with Crippen LogP contribution < -0.4 is 5.32 Å². The normalized spacial score (nSPS) is 22.4. The van der Waals surface area contributed by atoms with E-state index in [0.29, 0.717) is 18.2 Å². The van der Waals surface area contributed by atoms with Crippen LogP contribution in [0.4, 0.5) is 8.78 Å². The predicted molar refractivity (Wildman–Crippen MR) is 63.7 cm³/mol. The van der Waals surface area contributed by atoms with Crippen LogP contribution >= 0.6 is 0 Å². The molecule has 1 aromatic carbocycles. The van der Waals surface area contributed by atoms with Gasteiger partial charge in [0.25, 0.3) is 0 Å². The van der Waals surface area contributed by atoms with E-state index < -0.39 is 11.6 Å². The minimum atomic E-state index is -0.761. The quantitative estimate of drug-likeness (QED) is 0.852. The van der Waals surface area contributed by atoms with Gasteiger partial charge in [-0.1, -0.05) is 12.1 Å². The van der Waals surface area contributed by atoms with Crippen LogP contribution in [0, 0.1) is 11.6 Å². The zero-order chi connectivity index (χ0) is 12.3. The largest absolute Gasteiger partial charge is 0.315 e. The Balaban J connectivity index is 2.10. The molecule has 0 saturated carbocycles. The molecule has 0 bridgehead atoms. The fourth-order valence-electron chi connectivity index (χ4n) is 2.19. The van der Waals surface area contributed by atoms with Crippen molar-refractivity contribution in [2.24, 2.45) is 0 Å². The van der Waals surface area contributed by atoms with Crippen molar-refractivity contribution >= 4 is 0 Å². The van der Waals surface area contributed by atoms with Gasteiger partial charge in [-0.2, -0.15) is 0 Å². The van der Waals surface area contributed by atoms with Gasteiger partial charge in [-0.05, 0) is 26.0 Å². The van der Waals surface area contributed by atoms with E-state index in [9.17, 15) is 8.78 Å². The summed E-state index contributed by atoms with van der Waals surface area (Å²) in [5.74, 6) is -1.47. The Morgan fingerprint density at radius 3 is 3.00 bits per heavy atom. The molecule has 1 unspecified atom stereocenters. The fourth-order valence-corrected chi connectivity index (χ4v) is 2.19. The first-order chi connectivity index (χ1) is 8.18. The highest BCUT2D eigenvalue weighted by atomic mass is 19.2. The number of hydrogen-bond acceptors (Lipinski definition) is 2. The van der Waals surface area contributed by atoms with E-state index in [4.69, 9.17) is 0 Å². The van der Waals surface area contributed by atoms with Crippen LogP contribution in [0.25, 0.3) is 0 Å². The lowest BCUT2D eigenvalue weighted by molar-refractivity contribution is 0.208. The maximum atomic E-state index is 13.6. The molecular formula is C13H18F2N2. The van der Waals surface area contributed by atoms with Crippen molar-refractivity contribution in [3.63, 3.8) is 0 Å². The van der Waals surface area contributed by atoms with Crippen LogP contribution in [0.5, 0.6) is 0 Å². The Morgan fingerprint density at radius 2 is 2.18 bits per heavy atom. The van der Waals surface area contributed by atoms with Gasteiger partial charge >= 0.3 is 0 Å². The van der Waals surface area contributed by atoms with Crippen LogP contribution in [0.3, 0.4) is 0 Å². The summed E-state index contributed by atoms with van der Waals surface area (Å²) >= 11 is 0. The third-order valence-electron chi connectivity index (χ3n) is 3.34. The zero-order valence-electron chi connectivity index (χ0n) is 10.0. The molecule has 4 heteroatoms. The molecule has 2 rings (SSSR count). The van der Waals surface area contributed by atoms with Crippen molar-refractivity contribution in [1.29, 1.82) is 0 Å². The first-order valence-electron chi connectivity index (χ1n) is 6.06. The van der Waals surface area contributed by atoms with Crippen molar-refractivity contribution in [2.45, 2.75) is 25.9 Å². The molecule has 1 heterocycles. The van der Waals surface area contributed by atoms with E-state index in [0.717, 1.165) is 32.1 Å². The van der Waals surface area contributed by atoms with Gasteiger partial charge in [0.05, 0.1) is 0 Å². The molecule has 0 aliphatic carbocycles. The molecule has 1 aromatic rings. The van der Waals surface area contributed by atoms with Crippen LogP contribution in [0.2, 0.25) is 0 Å². The van der Waals surface area contributed by atoms with Crippen molar-refractivity contribution in [3.05, 3.63) is 35.4 Å². The highest BCUT2D eigenvalue weighted by molar-refractivity contribution is 5.19. The standard InChI is InChI=1S/C13H18F2N2/c1-10-5-6-16-7-8-17(10)9-11-3-2-4-12(14)13(11)15/h2-4,10,16H,5-9H2,1H3. The summed E-state index contributed by atoms with van der Waals surface area (Å²) in [5.41, 5.74) is 0.443. The fraction of sp³-hybridized carbons (Fsp3) is 0.538. The lowest BCUT2D eigenvalue weighted by Gasteiger charge is -2.26. The van der Waals surface area contributed by atoms with Gasteiger partial charge in [0.15, 0.2) is 11.6 Å². The summed E-state index contributed by atoms with van der Waals surface area (Å²) in [6.07, 6.45) is 1.04. The van der Waals surface area contributed by atoms with Crippen molar-refractivity contribution in [2.75, 3.05) is 19.6 Å². The first-order valence-corrected chi connectivity index (χ1v) is 6.06. The van der Waals surface area contributed by atoms with Gasteiger partial charge in [-0.15, -0.1) is 0 Å². The topological polar surface area (TPSA) is 15.3 Å². The Morgan fingerprint density at radius 1 is 1.35 bits per heavy atom. The molecule has 17 heavy (non-hydrogen) atoms. The third kappa shape index (κ3) is 3.01. The maximum absolute atomic E-state index is 13.6. The molecule has 94 valence electrons. The van der Waals surface area contributed by atoms with E-state index >= 15 is 0 Å². The van der Waals surface area contributed by atoms with Gasteiger partial charge < -0.3 is 5.32 Å². The minimum absolute atomic E-state index is 0.396. The van der Waals surface area contributed by atoms with Gasteiger partial charge in [-0.25, -0.2) is 8.78 Å². The SMILES string of the molecule is CC1CCNCCN1Cc1cccc(F)c1F. The molecule has 1 aliphatic rings. The van der Waals surface area contributed by atoms with E-state index in [2.05, 4.69) is 17.1 Å². The summed E-state index contributed by atoms with van der Waals surface area (Å²) in [6, 6.07) is 4.78. The minimum Gasteiger partial charge on any atom is -0.315 e. The van der Waals surface area contributed by atoms with E-state index in [-0.39, 0.29) is 0 Å². The van der Waals surface area contributed by atoms with E-state index in [1.165, 1.54) is 0 Å². The number of rotatable bonds is 2. The molecule has 0 spiro atoms. The van der Waals surface area contributed by atoms with Gasteiger partial charge in [0, 0.05) is 31.2 Å². The molecule has 0 aromatic heterocycles. The summed E-state index contributed by atoms with van der Waals surface area (Å²) < 4.78 is 26.7. The molecule has 1 saturated heterocycles. The average Bonchev–Trinajstić information content (AvgIpc) is 2.51. The molecule has 2 nitrogen and oxygen atoms in total. The molecule has 1 fully saturated rings. The van der Waals surface area contributed by atoms with Gasteiger partial charge in [0.2, 0.25) is 0 Å². The lowest BCUT2D eigenvalue weighted by atomic mass is 10.1. The number of hydrogen-bond donors (Lipinski definition) is 1. The predicted octanol–water partition coefficient (Wildman–Crippen LogP) is 2.15. The number of halogens is 2. The molecule has 0 amide bonds. The van der Waals surface area contributed by atoms with Crippen LogP contribution in [-0.2, 0) is 6.54 Å². The summed E-state index contributed by atoms with van der Waals surface area (Å²) in [4.78, 5) is 2.19. The van der Waals surface area contributed by atoms with Crippen LogP contribution in [0.15, 0.2) is 18.2 Å². The Bertz CT molecular complexity index is 382. The maximum Gasteiger partial charge on any atom is 0.163 e. The highest BCUT2D eigenvalue weighted by Crippen LogP contribution is 2.16. The zero-order valence-corrected chi connectivity index (χ0v) is 10.0. The first kappa shape index (κ1) is 12.5. The smallest absolute Gasteiger partial charge is 0.163 e. The summed E-state index contributed by atoms with van der Waals surface area (Å²) in [6.45, 7) is 5.37. The van der Waals surface area contributed by atoms with E-state index in [1.54, 1.807) is 12.1 Å². The van der Waals surface area contributed by atoms with Crippen molar-refractivity contribution in [3.8, 4) is 0 Å². The average molecular weight is 240 g/mol. The number of nitrogens with one attached hydrogen (secondary N) is 1. The summed E-state index contributed by atoms with van der Waals surface area (Å²) in [7, 11) is 0. The second-order valence-electron chi connectivity index (χ2n) is 4.57. The Hall–Kier alpha value is -1.00. The summed E-state index contributed by atoms with van der Waals surface area (Å²) in [5, 5.41) is 3.31. The van der Waals surface area contributed by atoms with Crippen molar-refractivity contribution < 1.29 is 8.78 Å². The van der Waals surface area contributed by atoms with Crippen LogP contribution in [-0.4, -0.2) is 30.6 Å². The second kappa shape index (κ2) is 5.56. The highest BCUT2D eigenvalue weighted by Gasteiger charge is 2.18. The Labute approximate surface area is 101 Å². The molecule has 1 atom stereocenters. The molecule has 1 aliphatic heterocycles. The molecule has 0 radical (unpaired) electrons. The van der Waals surface area contributed by atoms with Gasteiger partial charge in [-0.3, -0.25) is 4.90 Å². The molecule has 1 N–H and O–H groups in total. The van der Waals surface area contributed by atoms with Crippen molar-refractivity contribution in [1.82, 2.24) is 10.2 Å². The lowest BCUT2D eigenvalue weighted by Crippen LogP contribution is -2.34. The number of nitrogens with zero attached hydrogens (tertiary/aromatic N) is 1. The van der Waals surface area contributed by atoms with Gasteiger partial charge in [0.1, 0.15) is 0 Å². The molecular weight excluding hydrogens is 222 g/mol. The van der Waals surface area contributed by atoms with E-state index in [1.807, 2.05) is 0 Å². The second-order valence-corrected chi connectivity index (χ2v) is 4.57. The van der Waals surface area contributed by atoms with Crippen LogP contribution in [0.1, 0.15) is 18.9 Å². The monoisotopic (exact) mass is 240 g/mol. The number of benzene rings is 1. The third-order valence-corrected chi connectivity index (χ3v) is 3.34.